The van der Waals surface area contributed by atoms with Gasteiger partial charge in [-0.3, -0.25) is 5.50 Å². The minimum absolute atomic E-state index is 0.518. The number of thioether (sulfide) groups is 1. The quantitative estimate of drug-likeness (QED) is 0.416. The molecule has 0 heterocycles. The maximum Gasteiger partial charge on any atom is 0.259 e. The molecule has 0 aliphatic heterocycles. The molecule has 3 nitrogen and oxygen atoms in total. The monoisotopic (exact) mass is 215 g/mol. The molecule has 0 amide bonds. The van der Waals surface area contributed by atoms with E-state index in [1.807, 2.05) is 6.92 Å². The third-order valence-corrected chi connectivity index (χ3v) is 3.44. The lowest BCUT2D eigenvalue weighted by Crippen LogP contribution is -2.03. The molecular weight excluding hydrogens is 201 g/mol. The topological polar surface area (TPSA) is 44.5 Å². The Bertz CT molecular complexity index is 144. The summed E-state index contributed by atoms with van der Waals surface area (Å²) in [5.41, 5.74) is 5.54. The van der Waals surface area contributed by atoms with Crippen molar-refractivity contribution in [2.45, 2.75) is 13.8 Å². The van der Waals surface area contributed by atoms with Crippen LogP contribution in [0.3, 0.4) is 0 Å². The van der Waals surface area contributed by atoms with E-state index in [-0.39, 0.29) is 0 Å². The van der Waals surface area contributed by atoms with Crippen LogP contribution in [0.2, 0.25) is 0 Å². The molecule has 0 aromatic heterocycles. The van der Waals surface area contributed by atoms with Gasteiger partial charge in [-0.05, 0) is 24.5 Å². The zero-order chi connectivity index (χ0) is 8.74. The van der Waals surface area contributed by atoms with E-state index < -0.39 is 6.64 Å². The van der Waals surface area contributed by atoms with Crippen LogP contribution in [0.4, 0.5) is 0 Å². The first-order valence-electron chi connectivity index (χ1n) is 3.37. The van der Waals surface area contributed by atoms with Crippen LogP contribution in [0, 0.1) is 0 Å². The van der Waals surface area contributed by atoms with E-state index in [2.05, 4.69) is 6.92 Å². The Balaban J connectivity index is 3.47. The fraction of sp³-hybridized carbons (Fsp3) is 1.00. The minimum atomic E-state index is -2.41. The Morgan fingerprint density at radius 2 is 2.09 bits per heavy atom. The molecule has 0 aliphatic carbocycles. The fourth-order valence-electron chi connectivity index (χ4n) is 0.411. The second-order valence-corrected chi connectivity index (χ2v) is 6.04. The second-order valence-electron chi connectivity index (χ2n) is 1.70. The zero-order valence-electron chi connectivity index (χ0n) is 6.78. The highest BCUT2D eigenvalue weighted by atomic mass is 32.5. The Labute approximate surface area is 77.2 Å². The zero-order valence-corrected chi connectivity index (χ0v) is 9.31. The molecule has 0 aromatic rings. The molecule has 6 heteroatoms. The SMILES string of the molecule is CCOP(N)(=S)OCSCC. The van der Waals surface area contributed by atoms with E-state index in [1.54, 1.807) is 11.8 Å². The average molecular weight is 215 g/mol. The standard InChI is InChI=1S/C5H14NO2PS2/c1-3-7-9(6,10)8-5-11-4-2/h3-5H2,1-2H3,(H2,6,10). The van der Waals surface area contributed by atoms with Crippen LogP contribution in [0.15, 0.2) is 0 Å². The summed E-state index contributed by atoms with van der Waals surface area (Å²) in [6.45, 7) is 2.01. The first-order valence-corrected chi connectivity index (χ1v) is 7.24. The highest BCUT2D eigenvalue weighted by molar-refractivity contribution is 8.09. The number of nitrogens with two attached hydrogens (primary N) is 1. The van der Waals surface area contributed by atoms with Crippen LogP contribution in [-0.2, 0) is 20.9 Å². The van der Waals surface area contributed by atoms with Gasteiger partial charge in [0.1, 0.15) is 5.94 Å². The number of hydrogen-bond acceptors (Lipinski definition) is 4. The van der Waals surface area contributed by atoms with Gasteiger partial charge >= 0.3 is 0 Å². The Hall–Kier alpha value is 0.880. The highest BCUT2D eigenvalue weighted by Gasteiger charge is 2.09. The summed E-state index contributed by atoms with van der Waals surface area (Å²) >= 11 is 6.53. The van der Waals surface area contributed by atoms with Crippen molar-refractivity contribution in [1.29, 1.82) is 0 Å². The van der Waals surface area contributed by atoms with Gasteiger partial charge in [-0.25, -0.2) is 0 Å². The van der Waals surface area contributed by atoms with Crippen LogP contribution >= 0.6 is 18.4 Å². The van der Waals surface area contributed by atoms with Crippen molar-refractivity contribution in [1.82, 2.24) is 0 Å². The van der Waals surface area contributed by atoms with Gasteiger partial charge < -0.3 is 9.05 Å². The van der Waals surface area contributed by atoms with Gasteiger partial charge in [0.05, 0.1) is 6.61 Å². The van der Waals surface area contributed by atoms with Crippen molar-refractivity contribution in [3.63, 3.8) is 0 Å². The fourth-order valence-corrected chi connectivity index (χ4v) is 2.60. The van der Waals surface area contributed by atoms with E-state index in [1.165, 1.54) is 0 Å². The average Bonchev–Trinajstić information content (AvgIpc) is 1.87. The maximum atomic E-state index is 5.54. The molecule has 0 saturated carbocycles. The molecule has 2 N–H and O–H groups in total. The normalized spacial score (nSPS) is 16.3. The summed E-state index contributed by atoms with van der Waals surface area (Å²) in [4.78, 5) is 0. The first kappa shape index (κ1) is 11.9. The second kappa shape index (κ2) is 6.40. The van der Waals surface area contributed by atoms with Gasteiger partial charge in [0.25, 0.3) is 6.64 Å². The minimum Gasteiger partial charge on any atom is -0.318 e. The Morgan fingerprint density at radius 3 is 2.55 bits per heavy atom. The molecule has 0 spiro atoms. The van der Waals surface area contributed by atoms with Gasteiger partial charge in [0.15, 0.2) is 0 Å². The van der Waals surface area contributed by atoms with Crippen molar-refractivity contribution < 1.29 is 9.05 Å². The van der Waals surface area contributed by atoms with Gasteiger partial charge in [0, 0.05) is 0 Å². The summed E-state index contributed by atoms with van der Waals surface area (Å²) in [6.07, 6.45) is 0. The lowest BCUT2D eigenvalue weighted by Gasteiger charge is -2.15. The number of hydrogen-bond donors (Lipinski definition) is 1. The lowest BCUT2D eigenvalue weighted by molar-refractivity contribution is 0.289. The van der Waals surface area contributed by atoms with Gasteiger partial charge in [0.2, 0.25) is 0 Å². The third-order valence-electron chi connectivity index (χ3n) is 0.829. The molecule has 1 atom stereocenters. The molecule has 0 bridgehead atoms. The largest absolute Gasteiger partial charge is 0.318 e. The molecule has 0 radical (unpaired) electrons. The molecule has 0 saturated heterocycles. The van der Waals surface area contributed by atoms with Crippen molar-refractivity contribution in [3.05, 3.63) is 0 Å². The molecule has 68 valence electrons. The van der Waals surface area contributed by atoms with E-state index in [0.717, 1.165) is 5.75 Å². The van der Waals surface area contributed by atoms with E-state index in [0.29, 0.717) is 12.5 Å². The summed E-state index contributed by atoms with van der Waals surface area (Å²) in [7, 11) is 0. The first-order chi connectivity index (χ1) is 5.12. The molecule has 0 rings (SSSR count). The van der Waals surface area contributed by atoms with Crippen molar-refractivity contribution in [2.24, 2.45) is 5.50 Å². The predicted molar refractivity (Wildman–Crippen MR) is 54.2 cm³/mol. The molecule has 0 aliphatic rings. The summed E-state index contributed by atoms with van der Waals surface area (Å²) in [5, 5.41) is 0. The van der Waals surface area contributed by atoms with E-state index in [4.69, 9.17) is 26.4 Å². The van der Waals surface area contributed by atoms with Gasteiger partial charge in [-0.1, -0.05) is 6.92 Å². The summed E-state index contributed by atoms with van der Waals surface area (Å²) < 4.78 is 10.2. The van der Waals surface area contributed by atoms with Crippen LogP contribution in [0.5, 0.6) is 0 Å². The third kappa shape index (κ3) is 7.25. The van der Waals surface area contributed by atoms with Crippen LogP contribution < -0.4 is 5.50 Å². The van der Waals surface area contributed by atoms with E-state index in [9.17, 15) is 0 Å². The molecule has 1 unspecified atom stereocenters. The molecular formula is C5H14NO2PS2. The molecule has 0 aromatic carbocycles. The smallest absolute Gasteiger partial charge is 0.259 e. The maximum absolute atomic E-state index is 5.54. The highest BCUT2D eigenvalue weighted by Crippen LogP contribution is 2.39. The number of rotatable bonds is 6. The Kier molecular flexibility index (Phi) is 6.91. The van der Waals surface area contributed by atoms with Crippen LogP contribution in [0.1, 0.15) is 13.8 Å². The molecule has 0 fully saturated rings. The van der Waals surface area contributed by atoms with Crippen LogP contribution in [-0.4, -0.2) is 18.3 Å². The van der Waals surface area contributed by atoms with Gasteiger partial charge in [-0.15, -0.1) is 11.8 Å². The lowest BCUT2D eigenvalue weighted by atomic mass is 10.9. The van der Waals surface area contributed by atoms with Crippen LogP contribution in [0.25, 0.3) is 0 Å². The van der Waals surface area contributed by atoms with E-state index >= 15 is 0 Å². The van der Waals surface area contributed by atoms with Crippen molar-refractivity contribution >= 4 is 30.2 Å². The van der Waals surface area contributed by atoms with Crippen molar-refractivity contribution in [3.8, 4) is 0 Å². The summed E-state index contributed by atoms with van der Waals surface area (Å²) in [6, 6.07) is 0. The van der Waals surface area contributed by atoms with Gasteiger partial charge in [-0.2, -0.15) is 0 Å². The summed E-state index contributed by atoms with van der Waals surface area (Å²) in [5.74, 6) is 1.53. The Morgan fingerprint density at radius 1 is 1.45 bits per heavy atom. The molecule has 11 heavy (non-hydrogen) atoms. The van der Waals surface area contributed by atoms with Crippen molar-refractivity contribution in [2.75, 3.05) is 18.3 Å². The predicted octanol–water partition coefficient (Wildman–Crippen LogP) is 1.93.